The molecule has 1 aromatic heterocycles. The molecule has 1 heterocycles. The molecule has 1 aliphatic carbocycles. The van der Waals surface area contributed by atoms with Gasteiger partial charge in [-0.2, -0.15) is 5.11 Å². The highest BCUT2D eigenvalue weighted by Crippen LogP contribution is 2.34. The molecule has 0 aromatic carbocycles. The zero-order valence-electron chi connectivity index (χ0n) is 13.2. The van der Waals surface area contributed by atoms with Gasteiger partial charge in [0.15, 0.2) is 22.5 Å². The lowest BCUT2D eigenvalue weighted by Gasteiger charge is -2.08. The van der Waals surface area contributed by atoms with E-state index in [2.05, 4.69) is 48.5 Å². The number of thioether (sulfide) groups is 1. The third-order valence-corrected chi connectivity index (χ3v) is 5.10. The quantitative estimate of drug-likeness (QED) is 0.335. The number of hydrogen-bond donors (Lipinski definition) is 2. The molecule has 0 saturated heterocycles. The topological polar surface area (TPSA) is 88.5 Å². The van der Waals surface area contributed by atoms with E-state index in [1.165, 1.54) is 19.3 Å². The molecule has 1 fully saturated rings. The summed E-state index contributed by atoms with van der Waals surface area (Å²) in [6.07, 6.45) is 4.85. The van der Waals surface area contributed by atoms with Crippen LogP contribution in [-0.2, 0) is 0 Å². The average molecular weight is 340 g/mol. The van der Waals surface area contributed by atoms with Crippen molar-refractivity contribution in [3.63, 3.8) is 0 Å². The highest BCUT2D eigenvalue weighted by atomic mass is 32.2. The first-order chi connectivity index (χ1) is 10.6. The third kappa shape index (κ3) is 4.78. The van der Waals surface area contributed by atoms with Gasteiger partial charge in [0.1, 0.15) is 0 Å². The molecule has 3 atom stereocenters. The first-order valence-electron chi connectivity index (χ1n) is 7.78. The Hall–Kier alpha value is -0.940. The Morgan fingerprint density at radius 1 is 1.41 bits per heavy atom. The fourth-order valence-electron chi connectivity index (χ4n) is 2.63. The van der Waals surface area contributed by atoms with Crippen LogP contribution in [0.15, 0.2) is 15.4 Å². The lowest BCUT2D eigenvalue weighted by atomic mass is 10.1. The zero-order valence-corrected chi connectivity index (χ0v) is 15.2. The predicted molar refractivity (Wildman–Crippen MR) is 96.7 cm³/mol. The van der Waals surface area contributed by atoms with Crippen molar-refractivity contribution in [1.29, 1.82) is 0 Å². The Balaban J connectivity index is 2.05. The van der Waals surface area contributed by atoms with E-state index in [0.717, 1.165) is 24.6 Å². The largest absolute Gasteiger partial charge is 0.382 e. The van der Waals surface area contributed by atoms with Crippen LogP contribution in [0.25, 0.3) is 0 Å². The summed E-state index contributed by atoms with van der Waals surface area (Å²) in [7, 11) is 2.43. The normalized spacial score (nSPS) is 21.6. The van der Waals surface area contributed by atoms with Crippen molar-refractivity contribution in [2.75, 3.05) is 23.1 Å². The first-order valence-corrected chi connectivity index (χ1v) is 9.34. The Morgan fingerprint density at radius 2 is 2.23 bits per heavy atom. The number of anilines is 2. The van der Waals surface area contributed by atoms with Crippen molar-refractivity contribution in [3.05, 3.63) is 0 Å². The van der Waals surface area contributed by atoms with Gasteiger partial charge in [0, 0.05) is 5.75 Å². The van der Waals surface area contributed by atoms with E-state index < -0.39 is 0 Å². The highest BCUT2D eigenvalue weighted by molar-refractivity contribution is 7.99. The van der Waals surface area contributed by atoms with Gasteiger partial charge in [-0.05, 0) is 40.5 Å². The van der Waals surface area contributed by atoms with Crippen LogP contribution in [-0.4, -0.2) is 22.3 Å². The smallest absolute Gasteiger partial charge is 0.191 e. The molecular formula is C14H25N6PS. The summed E-state index contributed by atoms with van der Waals surface area (Å²) >= 11 is 1.59. The molecule has 0 radical (unpaired) electrons. The third-order valence-electron chi connectivity index (χ3n) is 3.78. The summed E-state index contributed by atoms with van der Waals surface area (Å²) in [4.78, 5) is 8.75. The van der Waals surface area contributed by atoms with Crippen molar-refractivity contribution in [2.24, 2.45) is 22.1 Å². The Bertz CT molecular complexity index is 524. The molecule has 6 nitrogen and oxygen atoms in total. The van der Waals surface area contributed by atoms with Crippen LogP contribution in [0.4, 0.5) is 17.3 Å². The van der Waals surface area contributed by atoms with Gasteiger partial charge in [-0.15, -0.1) is 5.11 Å². The molecule has 8 heteroatoms. The molecule has 0 amide bonds. The van der Waals surface area contributed by atoms with Crippen molar-refractivity contribution in [3.8, 4) is 0 Å². The number of nitrogens with two attached hydrogens (primary N) is 1. The number of nitrogens with zero attached hydrogens (tertiary/aromatic N) is 4. The number of aromatic nitrogens is 2. The van der Waals surface area contributed by atoms with Crippen LogP contribution in [0.2, 0.25) is 0 Å². The molecular weight excluding hydrogens is 315 g/mol. The van der Waals surface area contributed by atoms with Gasteiger partial charge in [0.2, 0.25) is 0 Å². The first kappa shape index (κ1) is 17.4. The maximum atomic E-state index is 6.02. The molecule has 3 N–H and O–H groups in total. The van der Waals surface area contributed by atoms with E-state index in [4.69, 9.17) is 5.73 Å². The van der Waals surface area contributed by atoms with Crippen LogP contribution >= 0.6 is 21.2 Å². The van der Waals surface area contributed by atoms with Crippen molar-refractivity contribution in [2.45, 2.75) is 44.7 Å². The van der Waals surface area contributed by atoms with Gasteiger partial charge in [-0.3, -0.25) is 0 Å². The number of nitrogen functional groups attached to an aromatic ring is 1. The van der Waals surface area contributed by atoms with Crippen LogP contribution in [0.1, 0.15) is 39.5 Å². The SMILES string of the molecule is CCCSc1nc(N)c(/N=N\CC2CCC(C)C2)c(NP)n1. The molecule has 122 valence electrons. The van der Waals surface area contributed by atoms with E-state index in [1.807, 2.05) is 0 Å². The molecule has 0 aliphatic heterocycles. The maximum Gasteiger partial charge on any atom is 0.191 e. The van der Waals surface area contributed by atoms with Gasteiger partial charge in [0.25, 0.3) is 0 Å². The van der Waals surface area contributed by atoms with Crippen LogP contribution in [0, 0.1) is 11.8 Å². The number of hydrogen-bond acceptors (Lipinski definition) is 7. The second-order valence-electron chi connectivity index (χ2n) is 5.79. The van der Waals surface area contributed by atoms with Crippen molar-refractivity contribution >= 4 is 38.5 Å². The van der Waals surface area contributed by atoms with E-state index in [0.29, 0.717) is 28.4 Å². The van der Waals surface area contributed by atoms with E-state index in [1.54, 1.807) is 11.8 Å². The molecule has 22 heavy (non-hydrogen) atoms. The fraction of sp³-hybridized carbons (Fsp3) is 0.714. The maximum absolute atomic E-state index is 6.02. The summed E-state index contributed by atoms with van der Waals surface area (Å²) in [6.45, 7) is 5.18. The van der Waals surface area contributed by atoms with Gasteiger partial charge in [0.05, 0.1) is 6.54 Å². The molecule has 3 unspecified atom stereocenters. The van der Waals surface area contributed by atoms with Crippen molar-refractivity contribution in [1.82, 2.24) is 9.97 Å². The molecule has 1 aliphatic rings. The second-order valence-corrected chi connectivity index (χ2v) is 7.14. The van der Waals surface area contributed by atoms with E-state index in [9.17, 15) is 0 Å². The van der Waals surface area contributed by atoms with Crippen LogP contribution in [0.5, 0.6) is 0 Å². The minimum absolute atomic E-state index is 0.377. The predicted octanol–water partition coefficient (Wildman–Crippen LogP) is 4.28. The number of azo groups is 1. The minimum atomic E-state index is 0.377. The zero-order chi connectivity index (χ0) is 15.9. The second kappa shape index (κ2) is 8.63. The van der Waals surface area contributed by atoms with Gasteiger partial charge >= 0.3 is 0 Å². The van der Waals surface area contributed by atoms with Gasteiger partial charge < -0.3 is 10.8 Å². The molecule has 1 saturated carbocycles. The average Bonchev–Trinajstić information content (AvgIpc) is 2.92. The lowest BCUT2D eigenvalue weighted by molar-refractivity contribution is 0.519. The monoisotopic (exact) mass is 340 g/mol. The number of nitrogens with one attached hydrogen (secondary N) is 1. The molecule has 0 bridgehead atoms. The lowest BCUT2D eigenvalue weighted by Crippen LogP contribution is -2.01. The standard InChI is InChI=1S/C14H25N6PS/c1-3-6-22-14-17-12(15)11(13(18-14)20-21)19-16-8-10-5-4-9(2)7-10/h9-10H,3-8,21H2,1-2H3,(H3,15,17,18,20)/b19-16-. The van der Waals surface area contributed by atoms with Gasteiger partial charge in [-0.1, -0.05) is 32.0 Å². The summed E-state index contributed by atoms with van der Waals surface area (Å²) < 4.78 is 0. The fourth-order valence-corrected chi connectivity index (χ4v) is 3.53. The summed E-state index contributed by atoms with van der Waals surface area (Å²) in [6, 6.07) is 0. The summed E-state index contributed by atoms with van der Waals surface area (Å²) in [5.41, 5.74) is 6.55. The van der Waals surface area contributed by atoms with Crippen LogP contribution < -0.4 is 10.8 Å². The number of rotatable bonds is 7. The van der Waals surface area contributed by atoms with Gasteiger partial charge in [-0.25, -0.2) is 9.97 Å². The van der Waals surface area contributed by atoms with Crippen molar-refractivity contribution < 1.29 is 0 Å². The molecule has 1 aromatic rings. The minimum Gasteiger partial charge on any atom is -0.382 e. The highest BCUT2D eigenvalue weighted by Gasteiger charge is 2.21. The Labute approximate surface area is 138 Å². The molecule has 2 rings (SSSR count). The Kier molecular flexibility index (Phi) is 6.83. The van der Waals surface area contributed by atoms with E-state index >= 15 is 0 Å². The van der Waals surface area contributed by atoms with Crippen LogP contribution in [0.3, 0.4) is 0 Å². The van der Waals surface area contributed by atoms with E-state index in [-0.39, 0.29) is 0 Å². The molecule has 0 spiro atoms. The summed E-state index contributed by atoms with van der Waals surface area (Å²) in [5.74, 6) is 3.42. The Morgan fingerprint density at radius 3 is 2.86 bits per heavy atom. The summed E-state index contributed by atoms with van der Waals surface area (Å²) in [5, 5.41) is 12.2.